The number of carbonyl (C=O) groups excluding carboxylic acids is 1. The molecule has 1 aliphatic heterocycles. The number of hydrogen-bond acceptors (Lipinski definition) is 4. The molecule has 1 saturated heterocycles. The van der Waals surface area contributed by atoms with Crippen LogP contribution in [0.5, 0.6) is 0 Å². The zero-order valence-corrected chi connectivity index (χ0v) is 12.3. The minimum Gasteiger partial charge on any atom is -0.456 e. The lowest BCUT2D eigenvalue weighted by Crippen LogP contribution is -2.47. The van der Waals surface area contributed by atoms with E-state index in [4.69, 9.17) is 9.47 Å². The summed E-state index contributed by atoms with van der Waals surface area (Å²) in [4.78, 5) is 12.5. The minimum absolute atomic E-state index is 0.157. The molecule has 0 aromatic carbocycles. The summed E-state index contributed by atoms with van der Waals surface area (Å²) >= 11 is 0. The summed E-state index contributed by atoms with van der Waals surface area (Å²) in [5, 5.41) is 9.55. The van der Waals surface area contributed by atoms with Gasteiger partial charge in [-0.05, 0) is 18.3 Å². The molecule has 0 bridgehead atoms. The van der Waals surface area contributed by atoms with Crippen LogP contribution in [0, 0.1) is 16.7 Å². The quantitative estimate of drug-likeness (QED) is 0.789. The van der Waals surface area contributed by atoms with E-state index in [0.717, 1.165) is 0 Å². The summed E-state index contributed by atoms with van der Waals surface area (Å²) in [5.74, 6) is -0.0935. The molecule has 1 aliphatic rings. The van der Waals surface area contributed by atoms with Crippen LogP contribution in [-0.4, -0.2) is 30.1 Å². The van der Waals surface area contributed by atoms with E-state index in [0.29, 0.717) is 13.0 Å². The molecule has 0 aromatic rings. The molecule has 1 N–H and O–H groups in total. The monoisotopic (exact) mass is 258 g/mol. The van der Waals surface area contributed by atoms with Gasteiger partial charge in [-0.15, -0.1) is 0 Å². The second-order valence-electron chi connectivity index (χ2n) is 6.60. The normalized spacial score (nSPS) is 28.2. The Kier molecular flexibility index (Phi) is 4.44. The fourth-order valence-corrected chi connectivity index (χ4v) is 2.34. The third-order valence-electron chi connectivity index (χ3n) is 4.40. The van der Waals surface area contributed by atoms with Gasteiger partial charge in [-0.25, -0.2) is 0 Å². The van der Waals surface area contributed by atoms with Crippen molar-refractivity contribution in [3.63, 3.8) is 0 Å². The van der Waals surface area contributed by atoms with E-state index in [2.05, 4.69) is 0 Å². The van der Waals surface area contributed by atoms with Gasteiger partial charge in [0.25, 0.3) is 0 Å². The predicted molar refractivity (Wildman–Crippen MR) is 68.9 cm³/mol. The number of rotatable bonds is 3. The van der Waals surface area contributed by atoms with Gasteiger partial charge in [0, 0.05) is 6.42 Å². The Labute approximate surface area is 110 Å². The maximum Gasteiger partial charge on any atom is 0.313 e. The van der Waals surface area contributed by atoms with Crippen molar-refractivity contribution in [3.8, 4) is 0 Å². The Hall–Kier alpha value is -0.610. The third kappa shape index (κ3) is 2.69. The van der Waals surface area contributed by atoms with Crippen LogP contribution in [0.4, 0.5) is 0 Å². The lowest BCUT2D eigenvalue weighted by molar-refractivity contribution is -0.186. The van der Waals surface area contributed by atoms with Gasteiger partial charge >= 0.3 is 5.97 Å². The number of aliphatic hydroxyl groups is 1. The Morgan fingerprint density at radius 1 is 1.33 bits per heavy atom. The summed E-state index contributed by atoms with van der Waals surface area (Å²) in [6.07, 6.45) is -0.950. The standard InChI is InChI=1S/C14H26O4/c1-9(2)14(6,13(3,4)5)12(16)18-10-7-8-17-11(10)15/h9-11,15H,7-8H2,1-6H3. The van der Waals surface area contributed by atoms with Crippen LogP contribution >= 0.6 is 0 Å². The first-order valence-corrected chi connectivity index (χ1v) is 6.61. The molecule has 1 rings (SSSR count). The summed E-state index contributed by atoms with van der Waals surface area (Å²) in [6.45, 7) is 12.5. The second kappa shape index (κ2) is 5.17. The highest BCUT2D eigenvalue weighted by molar-refractivity contribution is 5.78. The first-order chi connectivity index (χ1) is 8.10. The Morgan fingerprint density at radius 3 is 2.22 bits per heavy atom. The average Bonchev–Trinajstić information content (AvgIpc) is 2.61. The second-order valence-corrected chi connectivity index (χ2v) is 6.60. The molecular weight excluding hydrogens is 232 g/mol. The molecule has 1 heterocycles. The molecular formula is C14H26O4. The first-order valence-electron chi connectivity index (χ1n) is 6.61. The highest BCUT2D eigenvalue weighted by atomic mass is 16.7. The molecule has 3 atom stereocenters. The molecule has 4 nitrogen and oxygen atoms in total. The lowest BCUT2D eigenvalue weighted by Gasteiger charge is -2.43. The van der Waals surface area contributed by atoms with Crippen LogP contribution in [0.2, 0.25) is 0 Å². The first kappa shape index (κ1) is 15.4. The number of hydrogen-bond donors (Lipinski definition) is 1. The van der Waals surface area contributed by atoms with Crippen LogP contribution < -0.4 is 0 Å². The van der Waals surface area contributed by atoms with Gasteiger partial charge in [-0.1, -0.05) is 34.6 Å². The molecule has 0 saturated carbocycles. The summed E-state index contributed by atoms with van der Waals surface area (Å²) in [7, 11) is 0. The molecule has 0 aromatic heterocycles. The topological polar surface area (TPSA) is 55.8 Å². The molecule has 0 spiro atoms. The Balaban J connectivity index is 2.84. The fourth-order valence-electron chi connectivity index (χ4n) is 2.34. The SMILES string of the molecule is CC(C)C(C)(C(=O)OC1CCOC1O)C(C)(C)C. The molecule has 0 amide bonds. The van der Waals surface area contributed by atoms with Gasteiger partial charge in [0.05, 0.1) is 12.0 Å². The van der Waals surface area contributed by atoms with Crippen LogP contribution in [-0.2, 0) is 14.3 Å². The zero-order valence-electron chi connectivity index (χ0n) is 12.3. The zero-order chi connectivity index (χ0) is 14.1. The Morgan fingerprint density at radius 2 is 1.89 bits per heavy atom. The average molecular weight is 258 g/mol. The van der Waals surface area contributed by atoms with E-state index in [9.17, 15) is 9.90 Å². The third-order valence-corrected chi connectivity index (χ3v) is 4.40. The largest absolute Gasteiger partial charge is 0.456 e. The van der Waals surface area contributed by atoms with Crippen LogP contribution in [0.3, 0.4) is 0 Å². The predicted octanol–water partition coefficient (Wildman–Crippen LogP) is 2.35. The number of ether oxygens (including phenoxy) is 2. The van der Waals surface area contributed by atoms with Crippen molar-refractivity contribution < 1.29 is 19.4 Å². The smallest absolute Gasteiger partial charge is 0.313 e. The van der Waals surface area contributed by atoms with Crippen LogP contribution in [0.25, 0.3) is 0 Å². The van der Waals surface area contributed by atoms with Gasteiger partial charge in [0.1, 0.15) is 0 Å². The maximum atomic E-state index is 12.5. The van der Waals surface area contributed by atoms with Gasteiger partial charge in [-0.2, -0.15) is 0 Å². The van der Waals surface area contributed by atoms with Gasteiger partial charge in [-0.3, -0.25) is 4.79 Å². The van der Waals surface area contributed by atoms with Crippen LogP contribution in [0.15, 0.2) is 0 Å². The van der Waals surface area contributed by atoms with Crippen molar-refractivity contribution in [2.45, 2.75) is 60.4 Å². The fraction of sp³-hybridized carbons (Fsp3) is 0.929. The Bertz CT molecular complexity index is 305. The van der Waals surface area contributed by atoms with Crippen LogP contribution in [0.1, 0.15) is 48.0 Å². The van der Waals surface area contributed by atoms with E-state index in [1.807, 2.05) is 41.5 Å². The summed E-state index contributed by atoms with van der Waals surface area (Å²) in [5.41, 5.74) is -0.794. The van der Waals surface area contributed by atoms with Gasteiger partial charge in [0.2, 0.25) is 0 Å². The molecule has 4 heteroatoms. The number of aliphatic hydroxyl groups excluding tert-OH is 1. The van der Waals surface area contributed by atoms with Crippen molar-refractivity contribution in [2.75, 3.05) is 6.61 Å². The van der Waals surface area contributed by atoms with E-state index in [1.165, 1.54) is 0 Å². The number of esters is 1. The molecule has 1 fully saturated rings. The van der Waals surface area contributed by atoms with E-state index in [-0.39, 0.29) is 17.3 Å². The number of carbonyl (C=O) groups is 1. The molecule has 106 valence electrons. The van der Waals surface area contributed by atoms with E-state index in [1.54, 1.807) is 0 Å². The van der Waals surface area contributed by atoms with E-state index < -0.39 is 17.8 Å². The van der Waals surface area contributed by atoms with Crippen molar-refractivity contribution >= 4 is 5.97 Å². The highest BCUT2D eigenvalue weighted by Crippen LogP contribution is 2.45. The van der Waals surface area contributed by atoms with E-state index >= 15 is 0 Å². The molecule has 3 unspecified atom stereocenters. The summed E-state index contributed by atoms with van der Waals surface area (Å²) in [6, 6.07) is 0. The van der Waals surface area contributed by atoms with Gasteiger partial charge < -0.3 is 14.6 Å². The molecule has 0 radical (unpaired) electrons. The maximum absolute atomic E-state index is 12.5. The van der Waals surface area contributed by atoms with Crippen molar-refractivity contribution in [1.29, 1.82) is 0 Å². The van der Waals surface area contributed by atoms with Crippen molar-refractivity contribution in [1.82, 2.24) is 0 Å². The van der Waals surface area contributed by atoms with Crippen molar-refractivity contribution in [3.05, 3.63) is 0 Å². The highest BCUT2D eigenvalue weighted by Gasteiger charge is 2.49. The molecule has 18 heavy (non-hydrogen) atoms. The molecule has 0 aliphatic carbocycles. The lowest BCUT2D eigenvalue weighted by atomic mass is 9.62. The minimum atomic E-state index is -0.981. The van der Waals surface area contributed by atoms with Crippen molar-refractivity contribution in [2.24, 2.45) is 16.7 Å². The summed E-state index contributed by atoms with van der Waals surface area (Å²) < 4.78 is 10.5. The van der Waals surface area contributed by atoms with Gasteiger partial charge in [0.15, 0.2) is 12.4 Å².